The first-order chi connectivity index (χ1) is 49.1. The molecule has 2 rings (SSSR count). The van der Waals surface area contributed by atoms with Gasteiger partial charge >= 0.3 is 0 Å². The highest BCUT2D eigenvalue weighted by molar-refractivity contribution is 5.76. The molecule has 0 aromatic carbocycles. The van der Waals surface area contributed by atoms with E-state index in [-0.39, 0.29) is 18.9 Å². The van der Waals surface area contributed by atoms with Gasteiger partial charge in [-0.05, 0) is 32.1 Å². The second-order valence-corrected chi connectivity index (χ2v) is 31.0. The van der Waals surface area contributed by atoms with Crippen LogP contribution in [0.4, 0.5) is 0 Å². The maximum Gasteiger partial charge on any atom is 0.220 e. The number of nitrogens with one attached hydrogen (secondary N) is 1. The van der Waals surface area contributed by atoms with Gasteiger partial charge in [0, 0.05) is 6.42 Å². The van der Waals surface area contributed by atoms with Crippen LogP contribution >= 0.6 is 0 Å². The number of amides is 1. The lowest BCUT2D eigenvalue weighted by Gasteiger charge is -2.46. The number of unbranched alkanes of at least 4 members (excludes halogenated alkanes) is 60. The molecule has 12 unspecified atom stereocenters. The fourth-order valence-corrected chi connectivity index (χ4v) is 14.8. The van der Waals surface area contributed by atoms with Crippen molar-refractivity contribution < 1.29 is 64.6 Å². The summed E-state index contributed by atoms with van der Waals surface area (Å²) in [6, 6.07) is -0.931. The predicted octanol–water partition coefficient (Wildman–Crippen LogP) is 20.6. The lowest BCUT2D eigenvalue weighted by atomic mass is 9.97. The van der Waals surface area contributed by atoms with Gasteiger partial charge in [-0.25, -0.2) is 0 Å². The number of allylic oxidation sites excluding steroid dienone is 3. The first-order valence-electron chi connectivity index (χ1n) is 43.6. The summed E-state index contributed by atoms with van der Waals surface area (Å²) in [6.45, 7) is 2.87. The van der Waals surface area contributed by atoms with Crippen molar-refractivity contribution in [3.8, 4) is 0 Å². The Kier molecular flexibility index (Phi) is 66.6. The molecule has 592 valence electrons. The number of rotatable bonds is 75. The normalized spacial score (nSPS) is 21.9. The van der Waals surface area contributed by atoms with Gasteiger partial charge in [0.05, 0.1) is 32.0 Å². The van der Waals surface area contributed by atoms with E-state index >= 15 is 0 Å². The lowest BCUT2D eigenvalue weighted by molar-refractivity contribution is -0.359. The van der Waals surface area contributed by atoms with E-state index in [0.717, 1.165) is 32.1 Å². The molecular formula is C86H165NO13. The summed E-state index contributed by atoms with van der Waals surface area (Å²) < 4.78 is 22.9. The molecule has 0 bridgehead atoms. The third-order valence-corrected chi connectivity index (χ3v) is 21.6. The highest BCUT2D eigenvalue weighted by Crippen LogP contribution is 2.31. The molecule has 2 heterocycles. The van der Waals surface area contributed by atoms with Crippen LogP contribution in [-0.4, -0.2) is 140 Å². The first-order valence-corrected chi connectivity index (χ1v) is 43.6. The van der Waals surface area contributed by atoms with Crippen molar-refractivity contribution in [1.82, 2.24) is 5.32 Å². The van der Waals surface area contributed by atoms with E-state index < -0.39 is 86.8 Å². The topological polar surface area (TPSA) is 228 Å². The van der Waals surface area contributed by atoms with Crippen molar-refractivity contribution in [3.63, 3.8) is 0 Å². The highest BCUT2D eigenvalue weighted by Gasteiger charge is 2.51. The summed E-state index contributed by atoms with van der Waals surface area (Å²) in [4.78, 5) is 13.4. The smallest absolute Gasteiger partial charge is 0.220 e. The standard InChI is InChI=1S/C86H165NO13/c1-3-5-7-9-11-13-15-17-19-21-23-25-27-29-31-33-35-37-38-40-42-44-46-48-50-52-54-56-58-60-62-64-66-68-70-78(91)87-74(73-97-85-83(96)81(94)84(77(72-89)99-85)100-86-82(95)80(93)79(92)76(71-88)98-86)75(90)69-67-65-63-61-59-57-55-53-51-49-47-45-43-41-39-36-34-32-30-28-26-24-22-20-18-16-14-12-10-8-6-4-2/h59,61,67,69,74-77,79-86,88-90,92-96H,3-58,60,62-66,68,70-73H2,1-2H3,(H,87,91)/b61-59+,69-67+. The summed E-state index contributed by atoms with van der Waals surface area (Å²) in [5.41, 5.74) is 0. The average Bonchev–Trinajstić information content (AvgIpc) is 0.791. The summed E-state index contributed by atoms with van der Waals surface area (Å²) in [6.07, 6.45) is 75.9. The van der Waals surface area contributed by atoms with Crippen LogP contribution in [0.25, 0.3) is 0 Å². The Hall–Kier alpha value is -1.53. The molecule has 0 aliphatic carbocycles. The molecular weight excluding hydrogens is 1250 g/mol. The molecule has 14 nitrogen and oxygen atoms in total. The molecule has 12 atom stereocenters. The van der Waals surface area contributed by atoms with Crippen LogP contribution < -0.4 is 5.32 Å². The quantitative estimate of drug-likeness (QED) is 0.0204. The predicted molar refractivity (Wildman–Crippen MR) is 415 cm³/mol. The fraction of sp³-hybridized carbons (Fsp3) is 0.942. The Labute approximate surface area is 615 Å². The maximum absolute atomic E-state index is 13.4. The van der Waals surface area contributed by atoms with E-state index in [9.17, 15) is 45.6 Å². The largest absolute Gasteiger partial charge is 0.394 e. The fourth-order valence-electron chi connectivity index (χ4n) is 14.8. The first kappa shape index (κ1) is 94.6. The van der Waals surface area contributed by atoms with E-state index in [1.165, 1.54) is 360 Å². The van der Waals surface area contributed by atoms with Gasteiger partial charge in [0.15, 0.2) is 12.6 Å². The van der Waals surface area contributed by atoms with Gasteiger partial charge in [0.2, 0.25) is 5.91 Å². The summed E-state index contributed by atoms with van der Waals surface area (Å²) in [5.74, 6) is -0.239. The van der Waals surface area contributed by atoms with Crippen LogP contribution in [0.1, 0.15) is 425 Å². The number of hydrogen-bond acceptors (Lipinski definition) is 13. The van der Waals surface area contributed by atoms with Crippen LogP contribution in [0, 0.1) is 0 Å². The number of carbonyl (C=O) groups excluding carboxylic acids is 1. The van der Waals surface area contributed by atoms with Crippen LogP contribution in [0.3, 0.4) is 0 Å². The van der Waals surface area contributed by atoms with Gasteiger partial charge in [0.1, 0.15) is 48.8 Å². The summed E-state index contributed by atoms with van der Waals surface area (Å²) >= 11 is 0. The molecule has 0 aromatic rings. The zero-order valence-electron chi connectivity index (χ0n) is 65.2. The zero-order valence-corrected chi connectivity index (χ0v) is 65.2. The van der Waals surface area contributed by atoms with E-state index in [4.69, 9.17) is 18.9 Å². The molecule has 1 amide bonds. The number of carbonyl (C=O) groups is 1. The van der Waals surface area contributed by atoms with E-state index in [1.54, 1.807) is 6.08 Å². The maximum atomic E-state index is 13.4. The van der Waals surface area contributed by atoms with Crippen molar-refractivity contribution in [1.29, 1.82) is 0 Å². The van der Waals surface area contributed by atoms with Gasteiger partial charge in [-0.3, -0.25) is 4.79 Å². The number of ether oxygens (including phenoxy) is 4. The monoisotopic (exact) mass is 1420 g/mol. The molecule has 9 N–H and O–H groups in total. The SMILES string of the molecule is CCCCCCCCCCCCCCCCCCCCCCCCCCCC/C=C/CC/C=C/C(O)C(COC1OC(CO)C(OC2OC(CO)C(O)C(O)C2O)C(O)C1O)NC(=O)CCCCCCCCCCCCCCCCCCCCCCCCCCCCCCCCCCCC. The molecule has 0 radical (unpaired) electrons. The van der Waals surface area contributed by atoms with Crippen LogP contribution in [-0.2, 0) is 23.7 Å². The van der Waals surface area contributed by atoms with Crippen molar-refractivity contribution in [3.05, 3.63) is 24.3 Å². The third-order valence-electron chi connectivity index (χ3n) is 21.6. The van der Waals surface area contributed by atoms with E-state index in [2.05, 4.69) is 31.3 Å². The van der Waals surface area contributed by atoms with Crippen LogP contribution in [0.2, 0.25) is 0 Å². The average molecular weight is 1420 g/mol. The molecule has 14 heteroatoms. The van der Waals surface area contributed by atoms with Gasteiger partial charge in [-0.2, -0.15) is 0 Å². The molecule has 2 fully saturated rings. The third kappa shape index (κ3) is 52.5. The molecule has 2 aliphatic rings. The van der Waals surface area contributed by atoms with Crippen molar-refractivity contribution in [2.45, 2.75) is 498 Å². The summed E-state index contributed by atoms with van der Waals surface area (Å²) in [5, 5.41) is 87.8. The Morgan fingerprint density at radius 3 is 0.980 bits per heavy atom. The number of aliphatic hydroxyl groups is 8. The van der Waals surface area contributed by atoms with E-state index in [1.807, 2.05) is 6.08 Å². The number of hydrogen-bond donors (Lipinski definition) is 9. The lowest BCUT2D eigenvalue weighted by Crippen LogP contribution is -2.65. The van der Waals surface area contributed by atoms with Gasteiger partial charge < -0.3 is 65.1 Å². The second-order valence-electron chi connectivity index (χ2n) is 31.0. The Morgan fingerprint density at radius 2 is 0.640 bits per heavy atom. The summed E-state index contributed by atoms with van der Waals surface area (Å²) in [7, 11) is 0. The minimum Gasteiger partial charge on any atom is -0.394 e. The van der Waals surface area contributed by atoms with Crippen LogP contribution in [0.15, 0.2) is 24.3 Å². The molecule has 2 aliphatic heterocycles. The number of aliphatic hydroxyl groups excluding tert-OH is 8. The van der Waals surface area contributed by atoms with Gasteiger partial charge in [0.25, 0.3) is 0 Å². The Bertz CT molecular complexity index is 1770. The van der Waals surface area contributed by atoms with Crippen LogP contribution in [0.5, 0.6) is 0 Å². The Balaban J connectivity index is 1.59. The highest BCUT2D eigenvalue weighted by atomic mass is 16.7. The van der Waals surface area contributed by atoms with E-state index in [0.29, 0.717) is 12.8 Å². The second kappa shape index (κ2) is 70.5. The minimum absolute atomic E-state index is 0.239. The van der Waals surface area contributed by atoms with Gasteiger partial charge in [-0.15, -0.1) is 0 Å². The molecule has 0 saturated carbocycles. The molecule has 100 heavy (non-hydrogen) atoms. The Morgan fingerprint density at radius 1 is 0.350 bits per heavy atom. The van der Waals surface area contributed by atoms with Crippen molar-refractivity contribution in [2.75, 3.05) is 19.8 Å². The van der Waals surface area contributed by atoms with Crippen molar-refractivity contribution in [2.24, 2.45) is 0 Å². The molecule has 0 aromatic heterocycles. The minimum atomic E-state index is -1.79. The molecule has 2 saturated heterocycles. The van der Waals surface area contributed by atoms with Gasteiger partial charge in [-0.1, -0.05) is 411 Å². The van der Waals surface area contributed by atoms with Crippen molar-refractivity contribution >= 4 is 5.91 Å². The zero-order chi connectivity index (χ0) is 72.2. The molecule has 0 spiro atoms.